The van der Waals surface area contributed by atoms with Crippen LogP contribution in [-0.4, -0.2) is 28.8 Å². The maximum atomic E-state index is 11.0. The van der Waals surface area contributed by atoms with Crippen molar-refractivity contribution in [1.82, 2.24) is 5.32 Å². The van der Waals surface area contributed by atoms with Crippen LogP contribution in [0.1, 0.15) is 32.3 Å². The summed E-state index contributed by atoms with van der Waals surface area (Å²) in [6.07, 6.45) is 1.34. The topological polar surface area (TPSA) is 69.6 Å². The molecule has 100 valence electrons. The minimum atomic E-state index is -1.07. The van der Waals surface area contributed by atoms with Crippen LogP contribution in [0.3, 0.4) is 0 Å². The van der Waals surface area contributed by atoms with E-state index in [-0.39, 0.29) is 6.54 Å². The predicted molar refractivity (Wildman–Crippen MR) is 70.3 cm³/mol. The van der Waals surface area contributed by atoms with E-state index in [9.17, 15) is 9.90 Å². The van der Waals surface area contributed by atoms with Crippen LogP contribution in [0.4, 0.5) is 0 Å². The van der Waals surface area contributed by atoms with Crippen LogP contribution in [0.25, 0.3) is 0 Å². The van der Waals surface area contributed by atoms with E-state index in [2.05, 4.69) is 5.32 Å². The molecule has 3 N–H and O–H groups in total. The highest BCUT2D eigenvalue weighted by molar-refractivity contribution is 5.73. The van der Waals surface area contributed by atoms with E-state index in [0.717, 1.165) is 12.0 Å². The lowest BCUT2D eigenvalue weighted by Crippen LogP contribution is -2.44. The Morgan fingerprint density at radius 3 is 2.50 bits per heavy atom. The van der Waals surface area contributed by atoms with Gasteiger partial charge in [-0.3, -0.25) is 4.79 Å². The van der Waals surface area contributed by atoms with E-state index >= 15 is 0 Å². The van der Waals surface area contributed by atoms with Crippen LogP contribution in [0, 0.1) is 0 Å². The third-order valence-electron chi connectivity index (χ3n) is 2.96. The second-order valence-corrected chi connectivity index (χ2v) is 4.70. The Bertz CT molecular complexity index is 376. The molecule has 0 amide bonds. The summed E-state index contributed by atoms with van der Waals surface area (Å²) < 4.78 is 0. The summed E-state index contributed by atoms with van der Waals surface area (Å²) in [5.41, 5.74) is -0.291. The number of aliphatic carboxylic acids is 1. The van der Waals surface area contributed by atoms with Crippen LogP contribution in [0.15, 0.2) is 30.3 Å². The van der Waals surface area contributed by atoms with Gasteiger partial charge in [-0.2, -0.15) is 0 Å². The Balaban J connectivity index is 2.63. The van der Waals surface area contributed by atoms with E-state index in [1.165, 1.54) is 0 Å². The van der Waals surface area contributed by atoms with Crippen molar-refractivity contribution in [2.24, 2.45) is 0 Å². The Hall–Kier alpha value is -1.39. The number of nitrogens with one attached hydrogen (secondary N) is 1. The summed E-state index contributed by atoms with van der Waals surface area (Å²) in [6, 6.07) is 8.64. The summed E-state index contributed by atoms with van der Waals surface area (Å²) in [5, 5.41) is 22.3. The molecule has 0 aliphatic rings. The molecule has 0 saturated heterocycles. The van der Waals surface area contributed by atoms with Crippen LogP contribution < -0.4 is 5.32 Å². The lowest BCUT2D eigenvalue weighted by atomic mass is 9.95. The molecule has 0 aliphatic heterocycles. The molecule has 2 unspecified atom stereocenters. The number of carboxylic acid groups (broad SMARTS) is 1. The molecule has 0 saturated carbocycles. The molecule has 0 heterocycles. The molecule has 0 aromatic heterocycles. The molecule has 4 nitrogen and oxygen atoms in total. The fourth-order valence-corrected chi connectivity index (χ4v) is 1.82. The first kappa shape index (κ1) is 14.7. The fraction of sp³-hybridized carbons (Fsp3) is 0.500. The van der Waals surface area contributed by atoms with E-state index in [0.29, 0.717) is 6.42 Å². The lowest BCUT2D eigenvalue weighted by Gasteiger charge is -2.26. The summed E-state index contributed by atoms with van der Waals surface area (Å²) in [7, 11) is 0. The van der Waals surface area contributed by atoms with Crippen molar-refractivity contribution in [1.29, 1.82) is 0 Å². The minimum Gasteiger partial charge on any atom is -0.480 e. The second-order valence-electron chi connectivity index (χ2n) is 4.70. The van der Waals surface area contributed by atoms with Gasteiger partial charge in [0.1, 0.15) is 6.04 Å². The van der Waals surface area contributed by atoms with Crippen LogP contribution >= 0.6 is 0 Å². The van der Waals surface area contributed by atoms with Crippen LogP contribution in [-0.2, 0) is 10.4 Å². The first-order valence-electron chi connectivity index (χ1n) is 6.21. The number of rotatable bonds is 7. The van der Waals surface area contributed by atoms with Gasteiger partial charge in [0.05, 0.1) is 5.60 Å². The Morgan fingerprint density at radius 2 is 2.00 bits per heavy atom. The van der Waals surface area contributed by atoms with E-state index in [1.54, 1.807) is 6.92 Å². The molecule has 1 aromatic rings. The Labute approximate surface area is 108 Å². The van der Waals surface area contributed by atoms with Crippen molar-refractivity contribution in [2.75, 3.05) is 6.54 Å². The van der Waals surface area contributed by atoms with Gasteiger partial charge in [0.25, 0.3) is 0 Å². The smallest absolute Gasteiger partial charge is 0.320 e. The fourth-order valence-electron chi connectivity index (χ4n) is 1.82. The standard InChI is InChI=1S/C14H21NO3/c1-3-7-12(13(16)17)15-10-14(2,18)11-8-5-4-6-9-11/h4-6,8-9,12,15,18H,3,7,10H2,1-2H3,(H,16,17). The van der Waals surface area contributed by atoms with Crippen molar-refractivity contribution in [3.63, 3.8) is 0 Å². The van der Waals surface area contributed by atoms with E-state index < -0.39 is 17.6 Å². The number of hydrogen-bond donors (Lipinski definition) is 3. The van der Waals surface area contributed by atoms with Crippen molar-refractivity contribution in [3.8, 4) is 0 Å². The zero-order valence-electron chi connectivity index (χ0n) is 10.9. The average Bonchev–Trinajstić information content (AvgIpc) is 2.35. The van der Waals surface area contributed by atoms with Crippen molar-refractivity contribution < 1.29 is 15.0 Å². The zero-order chi connectivity index (χ0) is 13.6. The van der Waals surface area contributed by atoms with Crippen molar-refractivity contribution in [3.05, 3.63) is 35.9 Å². The Morgan fingerprint density at radius 1 is 1.39 bits per heavy atom. The number of hydrogen-bond acceptors (Lipinski definition) is 3. The zero-order valence-corrected chi connectivity index (χ0v) is 10.9. The molecule has 0 aliphatic carbocycles. The molecule has 1 aromatic carbocycles. The van der Waals surface area contributed by atoms with Crippen LogP contribution in [0.5, 0.6) is 0 Å². The Kier molecular flexibility index (Phi) is 5.31. The van der Waals surface area contributed by atoms with Gasteiger partial charge in [0.15, 0.2) is 0 Å². The largest absolute Gasteiger partial charge is 0.480 e. The summed E-state index contributed by atoms with van der Waals surface area (Å²) in [4.78, 5) is 11.0. The molecular formula is C14H21NO3. The number of carbonyl (C=O) groups is 1. The maximum absolute atomic E-state index is 11.0. The molecule has 0 fully saturated rings. The molecule has 0 bridgehead atoms. The van der Waals surface area contributed by atoms with Gasteiger partial charge in [-0.1, -0.05) is 43.7 Å². The summed E-state index contributed by atoms with van der Waals surface area (Å²) in [5.74, 6) is -0.874. The maximum Gasteiger partial charge on any atom is 0.320 e. The van der Waals surface area contributed by atoms with Gasteiger partial charge in [0, 0.05) is 6.54 Å². The SMILES string of the molecule is CCCC(NCC(C)(O)c1ccccc1)C(=O)O. The number of carboxylic acids is 1. The van der Waals surface area contributed by atoms with Gasteiger partial charge < -0.3 is 15.5 Å². The highest BCUT2D eigenvalue weighted by Gasteiger charge is 2.25. The summed E-state index contributed by atoms with van der Waals surface area (Å²) in [6.45, 7) is 3.83. The molecular weight excluding hydrogens is 230 g/mol. The highest BCUT2D eigenvalue weighted by atomic mass is 16.4. The van der Waals surface area contributed by atoms with E-state index in [1.807, 2.05) is 37.3 Å². The van der Waals surface area contributed by atoms with Gasteiger partial charge in [-0.15, -0.1) is 0 Å². The number of aliphatic hydroxyl groups is 1. The number of benzene rings is 1. The first-order chi connectivity index (χ1) is 8.47. The third-order valence-corrected chi connectivity index (χ3v) is 2.96. The lowest BCUT2D eigenvalue weighted by molar-refractivity contribution is -0.139. The molecule has 4 heteroatoms. The molecule has 0 radical (unpaired) electrons. The monoisotopic (exact) mass is 251 g/mol. The van der Waals surface area contributed by atoms with Gasteiger partial charge in [-0.05, 0) is 18.9 Å². The van der Waals surface area contributed by atoms with Crippen LogP contribution in [0.2, 0.25) is 0 Å². The van der Waals surface area contributed by atoms with Crippen molar-refractivity contribution >= 4 is 5.97 Å². The normalized spacial score (nSPS) is 15.9. The van der Waals surface area contributed by atoms with Gasteiger partial charge in [-0.25, -0.2) is 0 Å². The molecule has 2 atom stereocenters. The average molecular weight is 251 g/mol. The minimum absolute atomic E-state index is 0.216. The molecule has 0 spiro atoms. The first-order valence-corrected chi connectivity index (χ1v) is 6.21. The predicted octanol–water partition coefficient (Wildman–Crippen LogP) is 1.74. The molecule has 1 rings (SSSR count). The quantitative estimate of drug-likeness (QED) is 0.690. The third kappa shape index (κ3) is 4.13. The van der Waals surface area contributed by atoms with Gasteiger partial charge >= 0.3 is 5.97 Å². The van der Waals surface area contributed by atoms with E-state index in [4.69, 9.17) is 5.11 Å². The van der Waals surface area contributed by atoms with Crippen molar-refractivity contribution in [2.45, 2.75) is 38.3 Å². The molecule has 18 heavy (non-hydrogen) atoms. The summed E-state index contributed by atoms with van der Waals surface area (Å²) >= 11 is 0. The van der Waals surface area contributed by atoms with Gasteiger partial charge in [0.2, 0.25) is 0 Å². The highest BCUT2D eigenvalue weighted by Crippen LogP contribution is 2.19. The second kappa shape index (κ2) is 6.52.